The van der Waals surface area contributed by atoms with Crippen molar-refractivity contribution < 1.29 is 39.3 Å². The number of hydrogen-bond acceptors (Lipinski definition) is 6. The number of carbonyl (C=O) groups excluding carboxylic acids is 1. The van der Waals surface area contributed by atoms with Gasteiger partial charge >= 0.3 is 5.97 Å². The number of likely N-dealkylation sites (tertiary alicyclic amines) is 1. The SMILES string of the molecule is CN1C(=O)CC[C@H]1c1ccc[n+]([C@H]2OC(C(=O)O)[C@H](O)C(O)[C@H]2O)c1. The summed E-state index contributed by atoms with van der Waals surface area (Å²) in [4.78, 5) is 24.6. The molecule has 0 saturated carbocycles. The minimum Gasteiger partial charge on any atom is -0.479 e. The molecule has 25 heavy (non-hydrogen) atoms. The van der Waals surface area contributed by atoms with Gasteiger partial charge in [0.15, 0.2) is 24.6 Å². The molecular weight excluding hydrogens is 332 g/mol. The van der Waals surface area contributed by atoms with E-state index in [4.69, 9.17) is 9.84 Å². The number of aliphatic carboxylic acids is 1. The Labute approximate surface area is 143 Å². The van der Waals surface area contributed by atoms with Gasteiger partial charge in [0.25, 0.3) is 6.23 Å². The van der Waals surface area contributed by atoms with Gasteiger partial charge in [-0.25, -0.2) is 4.79 Å². The summed E-state index contributed by atoms with van der Waals surface area (Å²) in [5, 5.41) is 39.0. The Balaban J connectivity index is 1.89. The molecule has 0 aromatic carbocycles. The van der Waals surface area contributed by atoms with Crippen molar-refractivity contribution in [1.82, 2.24) is 4.90 Å². The van der Waals surface area contributed by atoms with Crippen molar-refractivity contribution in [2.24, 2.45) is 0 Å². The molecule has 9 nitrogen and oxygen atoms in total. The Hall–Kier alpha value is -2.07. The van der Waals surface area contributed by atoms with Crippen LogP contribution in [0.4, 0.5) is 0 Å². The number of carboxylic acids is 1. The number of aromatic nitrogens is 1. The van der Waals surface area contributed by atoms with Gasteiger partial charge in [-0.1, -0.05) is 0 Å². The second kappa shape index (κ2) is 6.68. The Kier molecular flexibility index (Phi) is 4.74. The van der Waals surface area contributed by atoms with E-state index < -0.39 is 36.6 Å². The van der Waals surface area contributed by atoms with Gasteiger partial charge in [0.2, 0.25) is 5.91 Å². The van der Waals surface area contributed by atoms with Crippen LogP contribution in [0.1, 0.15) is 30.7 Å². The minimum absolute atomic E-state index is 0.0406. The number of amides is 1. The van der Waals surface area contributed by atoms with Crippen LogP contribution in [0.2, 0.25) is 0 Å². The first-order chi connectivity index (χ1) is 11.8. The highest BCUT2D eigenvalue weighted by atomic mass is 16.6. The molecule has 0 aliphatic carbocycles. The zero-order valence-corrected chi connectivity index (χ0v) is 13.6. The van der Waals surface area contributed by atoms with Crippen LogP contribution in [0.3, 0.4) is 0 Å². The van der Waals surface area contributed by atoms with Gasteiger partial charge < -0.3 is 30.1 Å². The average Bonchev–Trinajstić information content (AvgIpc) is 2.92. The lowest BCUT2D eigenvalue weighted by Gasteiger charge is -2.35. The van der Waals surface area contributed by atoms with E-state index in [1.165, 1.54) is 4.57 Å². The highest BCUT2D eigenvalue weighted by Gasteiger charge is 2.51. The highest BCUT2D eigenvalue weighted by molar-refractivity contribution is 5.78. The van der Waals surface area contributed by atoms with Gasteiger partial charge in [0.1, 0.15) is 12.2 Å². The third kappa shape index (κ3) is 3.11. The van der Waals surface area contributed by atoms with E-state index in [1.807, 2.05) is 6.07 Å². The smallest absolute Gasteiger partial charge is 0.335 e. The van der Waals surface area contributed by atoms with E-state index in [-0.39, 0.29) is 11.9 Å². The predicted octanol–water partition coefficient (Wildman–Crippen LogP) is -1.67. The minimum atomic E-state index is -1.73. The summed E-state index contributed by atoms with van der Waals surface area (Å²) in [6, 6.07) is 3.40. The predicted molar refractivity (Wildman–Crippen MR) is 80.9 cm³/mol. The first-order valence-corrected chi connectivity index (χ1v) is 8.00. The second-order valence-electron chi connectivity index (χ2n) is 6.40. The van der Waals surface area contributed by atoms with E-state index >= 15 is 0 Å². The van der Waals surface area contributed by atoms with E-state index in [0.717, 1.165) is 5.56 Å². The van der Waals surface area contributed by atoms with Crippen molar-refractivity contribution in [1.29, 1.82) is 0 Å². The number of nitrogens with zero attached hydrogens (tertiary/aromatic N) is 2. The fourth-order valence-corrected chi connectivity index (χ4v) is 3.37. The van der Waals surface area contributed by atoms with Gasteiger partial charge in [-0.05, 0) is 12.5 Å². The number of carbonyl (C=O) groups is 2. The van der Waals surface area contributed by atoms with Crippen LogP contribution >= 0.6 is 0 Å². The summed E-state index contributed by atoms with van der Waals surface area (Å²) in [5.41, 5.74) is 0.805. The van der Waals surface area contributed by atoms with Crippen molar-refractivity contribution in [3.63, 3.8) is 0 Å². The largest absolute Gasteiger partial charge is 0.479 e. The van der Waals surface area contributed by atoms with Crippen LogP contribution in [-0.4, -0.2) is 68.7 Å². The van der Waals surface area contributed by atoms with Crippen LogP contribution in [0, 0.1) is 0 Å². The molecule has 2 unspecified atom stereocenters. The Morgan fingerprint density at radius 1 is 1.28 bits per heavy atom. The first-order valence-electron chi connectivity index (χ1n) is 8.00. The molecule has 2 saturated heterocycles. The maximum absolute atomic E-state index is 11.7. The second-order valence-corrected chi connectivity index (χ2v) is 6.40. The Morgan fingerprint density at radius 2 is 2.00 bits per heavy atom. The summed E-state index contributed by atoms with van der Waals surface area (Å²) in [5.74, 6) is -1.39. The third-order valence-electron chi connectivity index (χ3n) is 4.85. The molecule has 2 fully saturated rings. The van der Waals surface area contributed by atoms with E-state index in [9.17, 15) is 24.9 Å². The Bertz CT molecular complexity index is 682. The molecule has 1 aromatic heterocycles. The summed E-state index contributed by atoms with van der Waals surface area (Å²) in [7, 11) is 1.71. The molecule has 6 atom stereocenters. The number of rotatable bonds is 3. The van der Waals surface area contributed by atoms with Crippen molar-refractivity contribution in [2.75, 3.05) is 7.05 Å². The van der Waals surface area contributed by atoms with E-state index in [2.05, 4.69) is 0 Å². The van der Waals surface area contributed by atoms with Crippen LogP contribution in [0.5, 0.6) is 0 Å². The lowest BCUT2D eigenvalue weighted by molar-refractivity contribution is -0.777. The fraction of sp³-hybridized carbons (Fsp3) is 0.562. The maximum Gasteiger partial charge on any atom is 0.335 e. The molecule has 1 amide bonds. The number of carboxylic acid groups (broad SMARTS) is 1. The molecule has 3 rings (SSSR count). The average molecular weight is 353 g/mol. The monoisotopic (exact) mass is 353 g/mol. The Morgan fingerprint density at radius 3 is 2.60 bits per heavy atom. The molecule has 1 aromatic rings. The fourth-order valence-electron chi connectivity index (χ4n) is 3.37. The molecule has 2 aliphatic rings. The number of aliphatic hydroxyl groups excluding tert-OH is 3. The van der Waals surface area contributed by atoms with E-state index in [0.29, 0.717) is 12.8 Å². The van der Waals surface area contributed by atoms with Gasteiger partial charge in [-0.2, -0.15) is 4.57 Å². The van der Waals surface area contributed by atoms with Gasteiger partial charge in [-0.15, -0.1) is 0 Å². The summed E-state index contributed by atoms with van der Waals surface area (Å²) in [6.07, 6.45) is -3.41. The molecule has 0 bridgehead atoms. The number of hydrogen-bond donors (Lipinski definition) is 4. The molecule has 0 radical (unpaired) electrons. The molecule has 2 aliphatic heterocycles. The molecule has 9 heteroatoms. The molecular formula is C16H21N2O7+. The number of aliphatic hydroxyl groups is 3. The third-order valence-corrected chi connectivity index (χ3v) is 4.85. The summed E-state index contributed by atoms with van der Waals surface area (Å²) >= 11 is 0. The topological polar surface area (TPSA) is 131 Å². The van der Waals surface area contributed by atoms with Gasteiger partial charge in [0.05, 0.1) is 6.04 Å². The summed E-state index contributed by atoms with van der Waals surface area (Å²) < 4.78 is 6.76. The summed E-state index contributed by atoms with van der Waals surface area (Å²) in [6.45, 7) is 0. The first kappa shape index (κ1) is 17.7. The quantitative estimate of drug-likeness (QED) is 0.478. The molecule has 4 N–H and O–H groups in total. The molecule has 3 heterocycles. The van der Waals surface area contributed by atoms with Crippen molar-refractivity contribution >= 4 is 11.9 Å². The highest BCUT2D eigenvalue weighted by Crippen LogP contribution is 2.31. The molecule has 136 valence electrons. The van der Waals surface area contributed by atoms with Crippen molar-refractivity contribution in [3.05, 3.63) is 30.1 Å². The van der Waals surface area contributed by atoms with Gasteiger partial charge in [0, 0.05) is 25.1 Å². The zero-order valence-electron chi connectivity index (χ0n) is 13.6. The number of pyridine rings is 1. The van der Waals surface area contributed by atoms with Gasteiger partial charge in [-0.3, -0.25) is 4.79 Å². The van der Waals surface area contributed by atoms with Crippen molar-refractivity contribution in [3.8, 4) is 0 Å². The lowest BCUT2D eigenvalue weighted by Crippen LogP contribution is -2.63. The number of ether oxygens (including phenoxy) is 1. The van der Waals surface area contributed by atoms with Crippen molar-refractivity contribution in [2.45, 2.75) is 49.5 Å². The van der Waals surface area contributed by atoms with Crippen LogP contribution in [-0.2, 0) is 14.3 Å². The van der Waals surface area contributed by atoms with Crippen LogP contribution in [0.15, 0.2) is 24.5 Å². The molecule has 0 spiro atoms. The maximum atomic E-state index is 11.7. The van der Waals surface area contributed by atoms with Crippen LogP contribution in [0.25, 0.3) is 0 Å². The van der Waals surface area contributed by atoms with E-state index in [1.54, 1.807) is 30.4 Å². The lowest BCUT2D eigenvalue weighted by atomic mass is 9.97. The zero-order chi connectivity index (χ0) is 18.3. The normalized spacial score (nSPS) is 35.8. The van der Waals surface area contributed by atoms with Crippen LogP contribution < -0.4 is 4.57 Å². The standard InChI is InChI=1S/C16H20N2O7/c1-17-9(4-5-10(17)19)8-3-2-6-18(7-8)15-13(22)11(20)12(21)14(25-15)16(23)24/h2-3,6-7,9,11-15,20-22H,4-5H2,1H3/p+1/t9-,11?,12+,13+,14?,15-/m0/s1.